The maximum Gasteiger partial charge on any atom is 0.573 e. The van der Waals surface area contributed by atoms with Gasteiger partial charge < -0.3 is 18.9 Å². The van der Waals surface area contributed by atoms with Crippen LogP contribution in [-0.2, 0) is 9.47 Å². The second-order valence-electron chi connectivity index (χ2n) is 13.9. The zero-order valence-electron chi connectivity index (χ0n) is 27.5. The summed E-state index contributed by atoms with van der Waals surface area (Å²) < 4.78 is 117. The summed E-state index contributed by atoms with van der Waals surface area (Å²) >= 11 is 0. The lowest BCUT2D eigenvalue weighted by Crippen LogP contribution is -2.37. The quantitative estimate of drug-likeness (QED) is 0.155. The van der Waals surface area contributed by atoms with Crippen molar-refractivity contribution in [1.82, 2.24) is 0 Å². The van der Waals surface area contributed by atoms with Crippen LogP contribution in [0.3, 0.4) is 0 Å². The van der Waals surface area contributed by atoms with Crippen molar-refractivity contribution in [3.8, 4) is 11.5 Å². The van der Waals surface area contributed by atoms with E-state index >= 15 is 4.39 Å². The number of hydrogen-bond acceptors (Lipinski definition) is 4. The predicted octanol–water partition coefficient (Wildman–Crippen LogP) is 11.6. The van der Waals surface area contributed by atoms with Crippen LogP contribution in [0.2, 0.25) is 0 Å². The molecule has 3 aliphatic rings. The maximum atomic E-state index is 15.3. The predicted molar refractivity (Wildman–Crippen MR) is 167 cm³/mol. The standard InChI is InChI=1S/C37H47F7O4/c1-2-3-4-5-6-7-24-8-10-25(11-9-24)28-22-45-35(46-23-28)27-14-18-31(32(38)20-27)26-12-15-29(16-13-26)36(40,41)47-30-17-19-34(33(39)21-30)48-37(42,43)44/h14,17-21,24-26,28-29,35H,2-13,15-16,22-23H2,1H3. The number of unbranched alkanes of at least 4 members (excludes halogenated alkanes) is 4. The lowest BCUT2D eigenvalue weighted by molar-refractivity contribution is -0.275. The van der Waals surface area contributed by atoms with Gasteiger partial charge in [-0.15, -0.1) is 13.2 Å². The topological polar surface area (TPSA) is 36.9 Å². The molecule has 5 rings (SSSR count). The van der Waals surface area contributed by atoms with Gasteiger partial charge in [0.15, 0.2) is 17.9 Å². The van der Waals surface area contributed by atoms with E-state index in [1.54, 1.807) is 12.1 Å². The molecule has 268 valence electrons. The summed E-state index contributed by atoms with van der Waals surface area (Å²) in [5, 5.41) is 0. The minimum atomic E-state index is -5.13. The van der Waals surface area contributed by atoms with E-state index < -0.39 is 47.8 Å². The average Bonchev–Trinajstić information content (AvgIpc) is 3.06. The Bertz CT molecular complexity index is 1300. The van der Waals surface area contributed by atoms with Crippen molar-refractivity contribution in [2.24, 2.45) is 23.7 Å². The number of halogens is 7. The highest BCUT2D eigenvalue weighted by Gasteiger charge is 2.45. The third kappa shape index (κ3) is 10.0. The Kier molecular flexibility index (Phi) is 12.6. The second kappa shape index (κ2) is 16.5. The van der Waals surface area contributed by atoms with E-state index in [0.29, 0.717) is 48.3 Å². The largest absolute Gasteiger partial charge is 0.573 e. The van der Waals surface area contributed by atoms with E-state index in [1.807, 2.05) is 0 Å². The van der Waals surface area contributed by atoms with Crippen molar-refractivity contribution in [2.45, 2.75) is 121 Å². The van der Waals surface area contributed by atoms with Crippen molar-refractivity contribution in [3.63, 3.8) is 0 Å². The van der Waals surface area contributed by atoms with Gasteiger partial charge in [0.2, 0.25) is 0 Å². The molecule has 1 aliphatic heterocycles. The third-order valence-electron chi connectivity index (χ3n) is 10.5. The highest BCUT2D eigenvalue weighted by molar-refractivity contribution is 5.33. The van der Waals surface area contributed by atoms with Gasteiger partial charge >= 0.3 is 12.5 Å². The highest BCUT2D eigenvalue weighted by atomic mass is 19.4. The first-order valence-corrected chi connectivity index (χ1v) is 17.6. The first kappa shape index (κ1) is 36.7. The van der Waals surface area contributed by atoms with Crippen molar-refractivity contribution < 1.29 is 49.7 Å². The van der Waals surface area contributed by atoms with Gasteiger partial charge in [-0.1, -0.05) is 70.4 Å². The number of ether oxygens (including phenoxy) is 4. The fraction of sp³-hybridized carbons (Fsp3) is 0.676. The number of hydrogen-bond donors (Lipinski definition) is 0. The van der Waals surface area contributed by atoms with Crippen molar-refractivity contribution in [1.29, 1.82) is 0 Å². The molecule has 1 saturated heterocycles. The van der Waals surface area contributed by atoms with Crippen LogP contribution in [-0.4, -0.2) is 25.7 Å². The normalized spacial score (nSPS) is 27.1. The molecule has 48 heavy (non-hydrogen) atoms. The summed E-state index contributed by atoms with van der Waals surface area (Å²) in [4.78, 5) is 0. The van der Waals surface area contributed by atoms with Crippen LogP contribution in [0.4, 0.5) is 30.7 Å². The molecule has 0 radical (unpaired) electrons. The summed E-state index contributed by atoms with van der Waals surface area (Å²) in [6.45, 7) is 3.41. The third-order valence-corrected chi connectivity index (χ3v) is 10.5. The molecule has 0 amide bonds. The summed E-state index contributed by atoms with van der Waals surface area (Å²) in [5.41, 5.74) is 1.04. The molecule has 0 aromatic heterocycles. The molecule has 0 spiro atoms. The molecular weight excluding hydrogens is 641 g/mol. The van der Waals surface area contributed by atoms with Gasteiger partial charge in [0.05, 0.1) is 19.1 Å². The molecule has 4 nitrogen and oxygen atoms in total. The fourth-order valence-electron chi connectivity index (χ4n) is 7.72. The summed E-state index contributed by atoms with van der Waals surface area (Å²) in [5.74, 6) is -3.41. The Hall–Kier alpha value is -2.53. The smallest absolute Gasteiger partial charge is 0.432 e. The molecule has 0 unspecified atom stereocenters. The first-order chi connectivity index (χ1) is 22.9. The maximum absolute atomic E-state index is 15.3. The van der Waals surface area contributed by atoms with Crippen LogP contribution in [0.15, 0.2) is 36.4 Å². The Balaban J connectivity index is 1.06. The molecule has 0 atom stereocenters. The van der Waals surface area contributed by atoms with Gasteiger partial charge in [-0.2, -0.15) is 8.78 Å². The number of rotatable bonds is 13. The Labute approximate surface area is 278 Å². The van der Waals surface area contributed by atoms with Gasteiger partial charge in [-0.05, 0) is 80.0 Å². The molecule has 3 fully saturated rings. The van der Waals surface area contributed by atoms with Gasteiger partial charge in [0.1, 0.15) is 11.6 Å². The Morgan fingerprint density at radius 1 is 0.708 bits per heavy atom. The molecule has 0 bridgehead atoms. The van der Waals surface area contributed by atoms with Crippen LogP contribution < -0.4 is 9.47 Å². The number of benzene rings is 2. The molecule has 2 saturated carbocycles. The van der Waals surface area contributed by atoms with Gasteiger partial charge in [-0.25, -0.2) is 8.78 Å². The zero-order valence-corrected chi connectivity index (χ0v) is 27.5. The average molecular weight is 689 g/mol. The SMILES string of the molecule is CCCCCCCC1CCC(C2COC(c3ccc(C4CCC(C(F)(F)Oc5ccc(OC(F)(F)F)c(F)c5)CC4)c(F)c3)OC2)CC1. The lowest BCUT2D eigenvalue weighted by Gasteiger charge is -2.38. The Morgan fingerprint density at radius 3 is 2.02 bits per heavy atom. The molecule has 1 heterocycles. The number of alkyl halides is 5. The van der Waals surface area contributed by atoms with E-state index in [-0.39, 0.29) is 31.6 Å². The van der Waals surface area contributed by atoms with E-state index in [9.17, 15) is 26.3 Å². The molecule has 2 aromatic rings. The minimum absolute atomic E-state index is 0.0215. The highest BCUT2D eigenvalue weighted by Crippen LogP contribution is 2.45. The van der Waals surface area contributed by atoms with E-state index in [1.165, 1.54) is 70.3 Å². The van der Waals surface area contributed by atoms with Crippen LogP contribution in [0.5, 0.6) is 11.5 Å². The lowest BCUT2D eigenvalue weighted by atomic mass is 9.74. The molecule has 11 heteroatoms. The summed E-state index contributed by atoms with van der Waals surface area (Å²) in [6.07, 6.45) is 4.07. The van der Waals surface area contributed by atoms with Crippen LogP contribution in [0, 0.1) is 35.3 Å². The molecule has 0 N–H and O–H groups in total. The van der Waals surface area contributed by atoms with Crippen LogP contribution in [0.25, 0.3) is 0 Å². The molecule has 2 aliphatic carbocycles. The summed E-state index contributed by atoms with van der Waals surface area (Å²) in [7, 11) is 0. The Morgan fingerprint density at radius 2 is 1.40 bits per heavy atom. The first-order valence-electron chi connectivity index (χ1n) is 17.6. The minimum Gasteiger partial charge on any atom is -0.432 e. The fourth-order valence-corrected chi connectivity index (χ4v) is 7.72. The van der Waals surface area contributed by atoms with E-state index in [2.05, 4.69) is 11.7 Å². The monoisotopic (exact) mass is 688 g/mol. The van der Waals surface area contributed by atoms with Crippen molar-refractivity contribution >= 4 is 0 Å². The van der Waals surface area contributed by atoms with E-state index in [0.717, 1.165) is 12.0 Å². The zero-order chi connectivity index (χ0) is 34.3. The molecule has 2 aromatic carbocycles. The summed E-state index contributed by atoms with van der Waals surface area (Å²) in [6, 6.07) is 6.68. The van der Waals surface area contributed by atoms with Crippen molar-refractivity contribution in [3.05, 3.63) is 59.2 Å². The van der Waals surface area contributed by atoms with Gasteiger partial charge in [0, 0.05) is 17.5 Å². The van der Waals surface area contributed by atoms with Crippen LogP contribution in [0.1, 0.15) is 120 Å². The van der Waals surface area contributed by atoms with Gasteiger partial charge in [-0.3, -0.25) is 0 Å². The van der Waals surface area contributed by atoms with Crippen LogP contribution >= 0.6 is 0 Å². The van der Waals surface area contributed by atoms with Crippen molar-refractivity contribution in [2.75, 3.05) is 13.2 Å². The van der Waals surface area contributed by atoms with Gasteiger partial charge in [0.25, 0.3) is 0 Å². The second-order valence-corrected chi connectivity index (χ2v) is 13.9. The van der Waals surface area contributed by atoms with E-state index in [4.69, 9.17) is 14.2 Å². The molecular formula is C37H47F7O4.